The molecule has 6 nitrogen and oxygen atoms in total. The van der Waals surface area contributed by atoms with Gasteiger partial charge in [0.2, 0.25) is 15.9 Å². The molecule has 0 aromatic heterocycles. The first-order valence-corrected chi connectivity index (χ1v) is 11.1. The van der Waals surface area contributed by atoms with Crippen LogP contribution in [0.4, 0.5) is 4.39 Å². The van der Waals surface area contributed by atoms with E-state index in [0.29, 0.717) is 25.7 Å². The Morgan fingerprint density at radius 2 is 1.81 bits per heavy atom. The van der Waals surface area contributed by atoms with Crippen molar-refractivity contribution >= 4 is 15.9 Å². The van der Waals surface area contributed by atoms with Crippen molar-refractivity contribution in [2.45, 2.75) is 43.5 Å². The Labute approximate surface area is 161 Å². The molecular weight excluding hydrogens is 369 g/mol. The van der Waals surface area contributed by atoms with Crippen LogP contribution >= 0.6 is 0 Å². The summed E-state index contributed by atoms with van der Waals surface area (Å²) in [6, 6.07) is 5.77. The van der Waals surface area contributed by atoms with Crippen molar-refractivity contribution in [1.82, 2.24) is 14.1 Å². The van der Waals surface area contributed by atoms with Gasteiger partial charge in [0.1, 0.15) is 10.7 Å². The lowest BCUT2D eigenvalue weighted by Crippen LogP contribution is -2.53. The van der Waals surface area contributed by atoms with Crippen LogP contribution in [-0.2, 0) is 14.8 Å². The molecule has 3 rings (SSSR count). The fraction of sp³-hybridized carbons (Fsp3) is 0.632. The summed E-state index contributed by atoms with van der Waals surface area (Å²) in [6.45, 7) is 4.74. The van der Waals surface area contributed by atoms with Crippen molar-refractivity contribution in [3.8, 4) is 0 Å². The Hall–Kier alpha value is -1.51. The van der Waals surface area contributed by atoms with Crippen LogP contribution in [0.15, 0.2) is 29.2 Å². The molecule has 150 valence electrons. The Morgan fingerprint density at radius 3 is 2.48 bits per heavy atom. The minimum atomic E-state index is -3.84. The molecule has 0 N–H and O–H groups in total. The number of carbonyl (C=O) groups is 1. The molecule has 8 heteroatoms. The fourth-order valence-electron chi connectivity index (χ4n) is 3.96. The van der Waals surface area contributed by atoms with Crippen molar-refractivity contribution in [1.29, 1.82) is 0 Å². The third kappa shape index (κ3) is 4.50. The first-order chi connectivity index (χ1) is 12.9. The molecule has 1 atom stereocenters. The monoisotopic (exact) mass is 397 g/mol. The van der Waals surface area contributed by atoms with Gasteiger partial charge in [-0.05, 0) is 37.8 Å². The number of amides is 1. The third-order valence-corrected chi connectivity index (χ3v) is 7.50. The highest BCUT2D eigenvalue weighted by Crippen LogP contribution is 2.22. The second-order valence-electron chi connectivity index (χ2n) is 7.26. The van der Waals surface area contributed by atoms with Gasteiger partial charge in [-0.1, -0.05) is 19.1 Å². The summed E-state index contributed by atoms with van der Waals surface area (Å²) in [6.07, 6.45) is 4.27. The summed E-state index contributed by atoms with van der Waals surface area (Å²) < 4.78 is 40.5. The first-order valence-electron chi connectivity index (χ1n) is 9.70. The quantitative estimate of drug-likeness (QED) is 0.762. The van der Waals surface area contributed by atoms with Crippen LogP contribution in [0.1, 0.15) is 32.6 Å². The number of likely N-dealkylation sites (tertiary alicyclic amines) is 1. The standard InChI is InChI=1S/C19H28FN3O3S/c1-2-16-7-5-6-10-23(16)19(24)15-21-11-13-22(14-12-21)27(25,26)18-9-4-3-8-17(18)20/h3-4,8-9,16H,2,5-7,10-15H2,1H3/t16-/m0/s1. The third-order valence-electron chi connectivity index (χ3n) is 5.56. The van der Waals surface area contributed by atoms with Gasteiger partial charge in [-0.3, -0.25) is 9.69 Å². The topological polar surface area (TPSA) is 60.9 Å². The normalized spacial score (nSPS) is 22.7. The highest BCUT2D eigenvalue weighted by molar-refractivity contribution is 7.89. The van der Waals surface area contributed by atoms with Crippen molar-refractivity contribution in [3.63, 3.8) is 0 Å². The van der Waals surface area contributed by atoms with Crippen LogP contribution in [0.2, 0.25) is 0 Å². The van der Waals surface area contributed by atoms with Crippen molar-refractivity contribution in [2.24, 2.45) is 0 Å². The van der Waals surface area contributed by atoms with E-state index in [-0.39, 0.29) is 23.9 Å². The van der Waals surface area contributed by atoms with E-state index in [1.54, 1.807) is 0 Å². The molecule has 2 aliphatic rings. The van der Waals surface area contributed by atoms with Crippen LogP contribution in [0.25, 0.3) is 0 Å². The summed E-state index contributed by atoms with van der Waals surface area (Å²) in [5.74, 6) is -0.599. The molecule has 0 bridgehead atoms. The number of nitrogens with zero attached hydrogens (tertiary/aromatic N) is 3. The average Bonchev–Trinajstić information content (AvgIpc) is 2.68. The number of benzene rings is 1. The lowest BCUT2D eigenvalue weighted by Gasteiger charge is -2.38. The van der Waals surface area contributed by atoms with E-state index in [1.165, 1.54) is 28.9 Å². The van der Waals surface area contributed by atoms with Gasteiger partial charge in [0.05, 0.1) is 6.54 Å². The molecular formula is C19H28FN3O3S. The van der Waals surface area contributed by atoms with E-state index in [2.05, 4.69) is 6.92 Å². The number of hydrogen-bond donors (Lipinski definition) is 0. The van der Waals surface area contributed by atoms with Gasteiger partial charge in [-0.25, -0.2) is 12.8 Å². The molecule has 1 amide bonds. The SMILES string of the molecule is CC[C@H]1CCCCN1C(=O)CN1CCN(S(=O)(=O)c2ccccc2F)CC1. The Morgan fingerprint density at radius 1 is 1.11 bits per heavy atom. The van der Waals surface area contributed by atoms with E-state index in [9.17, 15) is 17.6 Å². The molecule has 0 saturated carbocycles. The average molecular weight is 398 g/mol. The lowest BCUT2D eigenvalue weighted by molar-refractivity contribution is -0.136. The van der Waals surface area contributed by atoms with Gasteiger partial charge in [-0.2, -0.15) is 4.31 Å². The predicted molar refractivity (Wildman–Crippen MR) is 101 cm³/mol. The lowest BCUT2D eigenvalue weighted by atomic mass is 10.00. The van der Waals surface area contributed by atoms with Gasteiger partial charge >= 0.3 is 0 Å². The number of hydrogen-bond acceptors (Lipinski definition) is 4. The molecule has 2 aliphatic heterocycles. The molecule has 1 aromatic rings. The zero-order valence-corrected chi connectivity index (χ0v) is 16.6. The van der Waals surface area contributed by atoms with Crippen molar-refractivity contribution in [2.75, 3.05) is 39.3 Å². The largest absolute Gasteiger partial charge is 0.339 e. The molecule has 27 heavy (non-hydrogen) atoms. The number of rotatable bonds is 5. The maximum Gasteiger partial charge on any atom is 0.246 e. The van der Waals surface area contributed by atoms with E-state index in [4.69, 9.17) is 0 Å². The summed E-state index contributed by atoms with van der Waals surface area (Å²) in [5.41, 5.74) is 0. The van der Waals surface area contributed by atoms with Gasteiger partial charge in [-0.15, -0.1) is 0 Å². The molecule has 0 aliphatic carbocycles. The Kier molecular flexibility index (Phi) is 6.49. The van der Waals surface area contributed by atoms with Crippen LogP contribution in [-0.4, -0.2) is 73.7 Å². The molecule has 0 spiro atoms. The Bertz CT molecular complexity index is 763. The van der Waals surface area contributed by atoms with Crippen molar-refractivity contribution < 1.29 is 17.6 Å². The summed E-state index contributed by atoms with van der Waals surface area (Å²) in [7, 11) is -3.84. The molecule has 0 radical (unpaired) electrons. The smallest absolute Gasteiger partial charge is 0.246 e. The van der Waals surface area contributed by atoms with Crippen LogP contribution in [0.3, 0.4) is 0 Å². The molecule has 2 heterocycles. The van der Waals surface area contributed by atoms with E-state index in [1.807, 2.05) is 9.80 Å². The summed E-state index contributed by atoms with van der Waals surface area (Å²) in [5, 5.41) is 0. The van der Waals surface area contributed by atoms with Gasteiger partial charge < -0.3 is 4.90 Å². The van der Waals surface area contributed by atoms with Gasteiger partial charge in [0.25, 0.3) is 0 Å². The van der Waals surface area contributed by atoms with Crippen LogP contribution in [0, 0.1) is 5.82 Å². The number of sulfonamides is 1. The zero-order valence-electron chi connectivity index (χ0n) is 15.8. The highest BCUT2D eigenvalue weighted by Gasteiger charge is 2.32. The van der Waals surface area contributed by atoms with Crippen LogP contribution < -0.4 is 0 Å². The minimum Gasteiger partial charge on any atom is -0.339 e. The number of halogens is 1. The van der Waals surface area contributed by atoms with E-state index >= 15 is 0 Å². The van der Waals surface area contributed by atoms with Gasteiger partial charge in [0.15, 0.2) is 0 Å². The fourth-order valence-corrected chi connectivity index (χ4v) is 5.44. The summed E-state index contributed by atoms with van der Waals surface area (Å²) in [4.78, 5) is 16.4. The number of piperazine rings is 1. The molecule has 0 unspecified atom stereocenters. The number of piperidine rings is 1. The molecule has 2 saturated heterocycles. The number of carbonyl (C=O) groups excluding carboxylic acids is 1. The van der Waals surface area contributed by atoms with E-state index < -0.39 is 15.8 Å². The molecule has 2 fully saturated rings. The second-order valence-corrected chi connectivity index (χ2v) is 9.16. The minimum absolute atomic E-state index is 0.131. The maximum absolute atomic E-state index is 13.9. The zero-order chi connectivity index (χ0) is 19.4. The summed E-state index contributed by atoms with van der Waals surface area (Å²) >= 11 is 0. The van der Waals surface area contributed by atoms with Gasteiger partial charge in [0, 0.05) is 38.8 Å². The van der Waals surface area contributed by atoms with Crippen molar-refractivity contribution in [3.05, 3.63) is 30.1 Å². The molecule has 1 aromatic carbocycles. The maximum atomic E-state index is 13.9. The highest BCUT2D eigenvalue weighted by atomic mass is 32.2. The Balaban J connectivity index is 1.57. The van der Waals surface area contributed by atoms with E-state index in [0.717, 1.165) is 31.9 Å². The second kappa shape index (κ2) is 8.67. The first kappa shape index (κ1) is 20.2. The van der Waals surface area contributed by atoms with Crippen LogP contribution in [0.5, 0.6) is 0 Å². The predicted octanol–water partition coefficient (Wildman–Crippen LogP) is 1.92.